The van der Waals surface area contributed by atoms with Crippen LogP contribution in [0.5, 0.6) is 0 Å². The molecule has 1 atom stereocenters. The fourth-order valence-electron chi connectivity index (χ4n) is 4.19. The van der Waals surface area contributed by atoms with Crippen LogP contribution < -0.4 is 11.1 Å². The zero-order valence-electron chi connectivity index (χ0n) is 16.2. The Bertz CT molecular complexity index is 774. The van der Waals surface area contributed by atoms with Crippen LogP contribution in [0.2, 0.25) is 0 Å². The largest absolute Gasteiger partial charge is 0.379 e. The smallest absolute Gasteiger partial charge is 0.229 e. The summed E-state index contributed by atoms with van der Waals surface area (Å²) in [4.78, 5) is 19.6. The minimum absolute atomic E-state index is 0. The molecule has 2 fully saturated rings. The summed E-state index contributed by atoms with van der Waals surface area (Å²) >= 11 is 1.48. The Hall–Kier alpha value is -1.38. The summed E-state index contributed by atoms with van der Waals surface area (Å²) in [7, 11) is 0. The number of rotatable bonds is 3. The standard InChI is InChI=1S/C20H26N4O2S.2ClH/c21-19-23-17(14-27-19)20(16-4-2-1-3-5-16)6-9-24(10-7-20)18(25)15-12-22-8-11-26-13-15;;/h1-5,14-15,22H,6-13H2,(H2,21,23);2*1H. The molecular weight excluding hydrogens is 431 g/mol. The molecule has 1 aromatic heterocycles. The van der Waals surface area contributed by atoms with Crippen LogP contribution >= 0.6 is 36.2 Å². The summed E-state index contributed by atoms with van der Waals surface area (Å²) in [5.74, 6) is 0.107. The normalized spacial score (nSPS) is 21.4. The first-order chi connectivity index (χ1) is 13.2. The Morgan fingerprint density at radius 2 is 1.97 bits per heavy atom. The number of amides is 1. The molecule has 9 heteroatoms. The van der Waals surface area contributed by atoms with Crippen LogP contribution in [0.25, 0.3) is 0 Å². The van der Waals surface area contributed by atoms with E-state index in [2.05, 4.69) is 39.9 Å². The van der Waals surface area contributed by atoms with Crippen LogP contribution in [-0.2, 0) is 14.9 Å². The second kappa shape index (κ2) is 10.6. The quantitative estimate of drug-likeness (QED) is 0.738. The number of halogens is 2. The van der Waals surface area contributed by atoms with Gasteiger partial charge in [-0.3, -0.25) is 4.79 Å². The summed E-state index contributed by atoms with van der Waals surface area (Å²) in [6, 6.07) is 10.5. The predicted octanol–water partition coefficient (Wildman–Crippen LogP) is 2.71. The van der Waals surface area contributed by atoms with E-state index in [-0.39, 0.29) is 42.1 Å². The number of anilines is 1. The van der Waals surface area contributed by atoms with Crippen molar-refractivity contribution in [3.8, 4) is 0 Å². The monoisotopic (exact) mass is 458 g/mol. The number of hydrogen-bond acceptors (Lipinski definition) is 6. The zero-order valence-corrected chi connectivity index (χ0v) is 18.7. The molecule has 0 aliphatic carbocycles. The van der Waals surface area contributed by atoms with Crippen molar-refractivity contribution < 1.29 is 9.53 Å². The molecule has 29 heavy (non-hydrogen) atoms. The minimum Gasteiger partial charge on any atom is -0.379 e. The minimum atomic E-state index is -0.176. The number of carbonyl (C=O) groups excluding carboxylic acids is 1. The average Bonchev–Trinajstić information content (AvgIpc) is 2.98. The highest BCUT2D eigenvalue weighted by Gasteiger charge is 2.41. The first-order valence-electron chi connectivity index (χ1n) is 9.53. The number of ether oxygens (including phenoxy) is 1. The number of nitrogens with two attached hydrogens (primary N) is 1. The van der Waals surface area contributed by atoms with Crippen molar-refractivity contribution in [1.29, 1.82) is 0 Å². The highest BCUT2D eigenvalue weighted by atomic mass is 35.5. The third-order valence-corrected chi connectivity index (χ3v) is 6.42. The maximum Gasteiger partial charge on any atom is 0.229 e. The summed E-state index contributed by atoms with van der Waals surface area (Å²) < 4.78 is 5.57. The third-order valence-electron chi connectivity index (χ3n) is 5.75. The Kier molecular flexibility index (Phi) is 8.73. The molecule has 6 nitrogen and oxygen atoms in total. The fraction of sp³-hybridized carbons (Fsp3) is 0.500. The number of piperidine rings is 1. The molecule has 3 N–H and O–H groups in total. The zero-order chi connectivity index (χ0) is 18.7. The number of hydrogen-bond donors (Lipinski definition) is 2. The van der Waals surface area contributed by atoms with Crippen molar-refractivity contribution in [2.24, 2.45) is 5.92 Å². The van der Waals surface area contributed by atoms with Gasteiger partial charge in [-0.2, -0.15) is 0 Å². The van der Waals surface area contributed by atoms with Crippen LogP contribution in [0.4, 0.5) is 5.13 Å². The van der Waals surface area contributed by atoms with Gasteiger partial charge in [-0.25, -0.2) is 4.98 Å². The van der Waals surface area contributed by atoms with Gasteiger partial charge in [-0.05, 0) is 18.4 Å². The molecule has 2 aliphatic heterocycles. The predicted molar refractivity (Wildman–Crippen MR) is 121 cm³/mol. The number of nitrogen functional groups attached to an aromatic ring is 1. The van der Waals surface area contributed by atoms with E-state index >= 15 is 0 Å². The van der Waals surface area contributed by atoms with E-state index in [1.54, 1.807) is 0 Å². The summed E-state index contributed by atoms with van der Waals surface area (Å²) in [5, 5.41) is 5.96. The maximum absolute atomic E-state index is 13.0. The lowest BCUT2D eigenvalue weighted by Gasteiger charge is -2.42. The van der Waals surface area contributed by atoms with Crippen molar-refractivity contribution in [3.63, 3.8) is 0 Å². The van der Waals surface area contributed by atoms with Gasteiger partial charge in [-0.1, -0.05) is 30.3 Å². The van der Waals surface area contributed by atoms with Gasteiger partial charge in [0.05, 0.1) is 24.8 Å². The van der Waals surface area contributed by atoms with Gasteiger partial charge in [0, 0.05) is 37.0 Å². The first-order valence-corrected chi connectivity index (χ1v) is 10.4. The summed E-state index contributed by atoms with van der Waals surface area (Å²) in [6.07, 6.45) is 1.71. The van der Waals surface area contributed by atoms with E-state index in [1.165, 1.54) is 16.9 Å². The van der Waals surface area contributed by atoms with Crippen molar-refractivity contribution >= 4 is 47.2 Å². The molecule has 160 valence electrons. The second-order valence-corrected chi connectivity index (χ2v) is 8.21. The number of nitrogens with one attached hydrogen (secondary N) is 1. The number of likely N-dealkylation sites (tertiary alicyclic amines) is 1. The van der Waals surface area contributed by atoms with E-state index in [1.807, 2.05) is 11.0 Å². The molecule has 0 spiro atoms. The van der Waals surface area contributed by atoms with Gasteiger partial charge >= 0.3 is 0 Å². The van der Waals surface area contributed by atoms with Gasteiger partial charge < -0.3 is 20.7 Å². The van der Waals surface area contributed by atoms with Crippen LogP contribution in [0, 0.1) is 5.92 Å². The topological polar surface area (TPSA) is 80.5 Å². The SMILES string of the molecule is Cl.Cl.Nc1nc(C2(c3ccccc3)CCN(C(=O)C3CNCCOC3)CC2)cs1. The van der Waals surface area contributed by atoms with Crippen molar-refractivity contribution in [2.75, 3.05) is 45.1 Å². The highest BCUT2D eigenvalue weighted by Crippen LogP contribution is 2.42. The second-order valence-electron chi connectivity index (χ2n) is 7.32. The number of benzene rings is 1. The van der Waals surface area contributed by atoms with Gasteiger partial charge in [0.2, 0.25) is 5.91 Å². The van der Waals surface area contributed by atoms with Gasteiger partial charge in [0.25, 0.3) is 0 Å². The molecule has 0 bridgehead atoms. The Morgan fingerprint density at radius 1 is 1.24 bits per heavy atom. The van der Waals surface area contributed by atoms with E-state index in [0.29, 0.717) is 24.9 Å². The van der Waals surface area contributed by atoms with E-state index in [0.717, 1.165) is 38.2 Å². The Morgan fingerprint density at radius 3 is 2.62 bits per heavy atom. The van der Waals surface area contributed by atoms with Crippen molar-refractivity contribution in [2.45, 2.75) is 18.3 Å². The van der Waals surface area contributed by atoms with Gasteiger partial charge in [-0.15, -0.1) is 36.2 Å². The lowest BCUT2D eigenvalue weighted by molar-refractivity contribution is -0.138. The van der Waals surface area contributed by atoms with E-state index < -0.39 is 0 Å². The molecule has 1 amide bonds. The van der Waals surface area contributed by atoms with Crippen LogP contribution in [-0.4, -0.2) is 55.2 Å². The van der Waals surface area contributed by atoms with Crippen molar-refractivity contribution in [1.82, 2.24) is 15.2 Å². The molecule has 3 heterocycles. The van der Waals surface area contributed by atoms with E-state index in [4.69, 9.17) is 10.5 Å². The molecule has 4 rings (SSSR count). The van der Waals surface area contributed by atoms with Crippen LogP contribution in [0.15, 0.2) is 35.7 Å². The molecule has 0 saturated carbocycles. The van der Waals surface area contributed by atoms with Gasteiger partial charge in [0.1, 0.15) is 0 Å². The molecule has 1 unspecified atom stereocenters. The Balaban J connectivity index is 0.00000150. The number of thiazole rings is 1. The molecule has 2 saturated heterocycles. The summed E-state index contributed by atoms with van der Waals surface area (Å²) in [6.45, 7) is 4.14. The summed E-state index contributed by atoms with van der Waals surface area (Å²) in [5.41, 5.74) is 8.04. The number of nitrogens with zero attached hydrogens (tertiary/aromatic N) is 2. The van der Waals surface area contributed by atoms with Gasteiger partial charge in [0.15, 0.2) is 5.13 Å². The lowest BCUT2D eigenvalue weighted by atomic mass is 9.70. The lowest BCUT2D eigenvalue weighted by Crippen LogP contribution is -2.49. The number of aromatic nitrogens is 1. The van der Waals surface area contributed by atoms with Crippen LogP contribution in [0.3, 0.4) is 0 Å². The van der Waals surface area contributed by atoms with E-state index in [9.17, 15) is 4.79 Å². The molecule has 0 radical (unpaired) electrons. The fourth-order valence-corrected chi connectivity index (χ4v) is 4.85. The Labute approximate surface area is 188 Å². The average molecular weight is 459 g/mol. The highest BCUT2D eigenvalue weighted by molar-refractivity contribution is 7.13. The molecule has 2 aliphatic rings. The molecular formula is C20H28Cl2N4O2S. The van der Waals surface area contributed by atoms with Crippen LogP contribution in [0.1, 0.15) is 24.1 Å². The maximum atomic E-state index is 13.0. The third kappa shape index (κ3) is 5.03. The number of carbonyl (C=O) groups is 1. The molecule has 1 aromatic carbocycles. The molecule has 2 aromatic rings. The first kappa shape index (κ1) is 23.9. The van der Waals surface area contributed by atoms with Crippen molar-refractivity contribution in [3.05, 3.63) is 47.0 Å².